The van der Waals surface area contributed by atoms with Crippen molar-refractivity contribution in [1.82, 2.24) is 9.80 Å². The molecule has 3 heterocycles. The zero-order valence-corrected chi connectivity index (χ0v) is 24.0. The molecule has 0 aromatic rings. The molecule has 3 rings (SSSR count). The first-order valence-corrected chi connectivity index (χ1v) is 14.4. The second-order valence-electron chi connectivity index (χ2n) is 11.8. The predicted octanol–water partition coefficient (Wildman–Crippen LogP) is 3.73. The molecular weight excluding hydrogens is 484 g/mol. The molecule has 3 unspecified atom stereocenters. The Morgan fingerprint density at radius 3 is 2.55 bits per heavy atom. The molecule has 2 amide bonds. The molecule has 214 valence electrons. The average molecular weight is 533 g/mol. The molecule has 3 fully saturated rings. The van der Waals surface area contributed by atoms with Crippen molar-refractivity contribution in [3.8, 4) is 0 Å². The second kappa shape index (κ2) is 12.3. The average Bonchev–Trinajstić information content (AvgIpc) is 3.38. The third-order valence-electron chi connectivity index (χ3n) is 9.04. The quantitative estimate of drug-likeness (QED) is 0.196. The summed E-state index contributed by atoms with van der Waals surface area (Å²) in [6.07, 6.45) is 8.19. The number of hydrogen-bond acceptors (Lipinski definition) is 6. The fourth-order valence-corrected chi connectivity index (χ4v) is 6.95. The van der Waals surface area contributed by atoms with Gasteiger partial charge in [0.1, 0.15) is 17.6 Å². The lowest BCUT2D eigenvalue weighted by molar-refractivity contribution is -0.164. The molecule has 3 aliphatic heterocycles. The summed E-state index contributed by atoms with van der Waals surface area (Å²) in [6.45, 7) is 18.3. The number of aliphatic hydroxyl groups excluding tert-OH is 1. The number of esters is 1. The summed E-state index contributed by atoms with van der Waals surface area (Å²) in [7, 11) is 0. The van der Waals surface area contributed by atoms with Gasteiger partial charge in [-0.3, -0.25) is 14.4 Å². The van der Waals surface area contributed by atoms with Gasteiger partial charge < -0.3 is 24.4 Å². The van der Waals surface area contributed by atoms with Gasteiger partial charge in [0, 0.05) is 13.1 Å². The molecule has 1 spiro atoms. The van der Waals surface area contributed by atoms with Gasteiger partial charge in [0.2, 0.25) is 11.8 Å². The second-order valence-corrected chi connectivity index (χ2v) is 11.8. The zero-order valence-electron chi connectivity index (χ0n) is 24.0. The van der Waals surface area contributed by atoms with Gasteiger partial charge in [-0.1, -0.05) is 52.7 Å². The van der Waals surface area contributed by atoms with Crippen molar-refractivity contribution in [2.75, 3.05) is 26.3 Å². The van der Waals surface area contributed by atoms with E-state index in [4.69, 9.17) is 9.47 Å². The van der Waals surface area contributed by atoms with Crippen molar-refractivity contribution in [2.45, 2.75) is 96.4 Å². The van der Waals surface area contributed by atoms with E-state index in [2.05, 4.69) is 20.1 Å². The van der Waals surface area contributed by atoms with E-state index in [0.29, 0.717) is 25.9 Å². The highest BCUT2D eigenvalue weighted by atomic mass is 16.6. The normalized spacial score (nSPS) is 32.4. The monoisotopic (exact) mass is 532 g/mol. The Hall–Kier alpha value is -2.19. The molecule has 0 aromatic carbocycles. The van der Waals surface area contributed by atoms with Gasteiger partial charge in [0.25, 0.3) is 0 Å². The van der Waals surface area contributed by atoms with Crippen LogP contribution in [0.5, 0.6) is 0 Å². The standard InChI is InChI=1S/C30H48N2O6/c1-8-11-13-16-31(15-10-3)27(35)25-30-18-21(6)29(7,38-30)24(28(36)37-17-14-12-9-2)23(30)26(34)32(25)22(19-33)20(4)5/h9-10,20-25,33H,2-3,8,11-19H2,1,4-7H3/t21?,22-,23-,24-,25?,29+,30?/m0/s1. The molecule has 38 heavy (non-hydrogen) atoms. The molecule has 3 saturated heterocycles. The minimum atomic E-state index is -1.15. The van der Waals surface area contributed by atoms with Gasteiger partial charge in [0.05, 0.1) is 30.8 Å². The molecule has 8 nitrogen and oxygen atoms in total. The number of rotatable bonds is 15. The minimum Gasteiger partial charge on any atom is -0.465 e. The fourth-order valence-electron chi connectivity index (χ4n) is 6.95. The number of aliphatic hydroxyl groups is 1. The van der Waals surface area contributed by atoms with E-state index in [1.807, 2.05) is 27.7 Å². The van der Waals surface area contributed by atoms with Crippen molar-refractivity contribution >= 4 is 17.8 Å². The molecule has 0 radical (unpaired) electrons. The minimum absolute atomic E-state index is 0.0629. The summed E-state index contributed by atoms with van der Waals surface area (Å²) >= 11 is 0. The van der Waals surface area contributed by atoms with Gasteiger partial charge in [-0.2, -0.15) is 0 Å². The van der Waals surface area contributed by atoms with Crippen LogP contribution in [0.15, 0.2) is 25.3 Å². The van der Waals surface area contributed by atoms with Gasteiger partial charge in [-0.15, -0.1) is 13.2 Å². The fraction of sp³-hybridized carbons (Fsp3) is 0.767. The molecule has 0 aromatic heterocycles. The van der Waals surface area contributed by atoms with Crippen LogP contribution in [-0.4, -0.2) is 82.3 Å². The summed E-state index contributed by atoms with van der Waals surface area (Å²) in [5.41, 5.74) is -2.07. The van der Waals surface area contributed by atoms with Crippen LogP contribution in [0.25, 0.3) is 0 Å². The molecule has 7 atom stereocenters. The van der Waals surface area contributed by atoms with Gasteiger partial charge in [-0.05, 0) is 44.4 Å². The van der Waals surface area contributed by atoms with Gasteiger partial charge in [0.15, 0.2) is 0 Å². The maximum absolute atomic E-state index is 14.4. The Morgan fingerprint density at radius 1 is 1.26 bits per heavy atom. The van der Waals surface area contributed by atoms with E-state index in [-0.39, 0.29) is 36.9 Å². The van der Waals surface area contributed by atoms with Gasteiger partial charge in [-0.25, -0.2) is 0 Å². The Bertz CT molecular complexity index is 905. The van der Waals surface area contributed by atoms with Crippen LogP contribution in [0.2, 0.25) is 0 Å². The Morgan fingerprint density at radius 2 is 1.97 bits per heavy atom. The first-order valence-electron chi connectivity index (χ1n) is 14.4. The molecular formula is C30H48N2O6. The number of ether oxygens (including phenoxy) is 2. The van der Waals surface area contributed by atoms with Crippen LogP contribution in [0.3, 0.4) is 0 Å². The largest absolute Gasteiger partial charge is 0.465 e. The van der Waals surface area contributed by atoms with Crippen molar-refractivity contribution in [3.05, 3.63) is 25.3 Å². The highest BCUT2D eigenvalue weighted by molar-refractivity contribution is 5.98. The summed E-state index contributed by atoms with van der Waals surface area (Å²) in [6, 6.07) is -1.50. The van der Waals surface area contributed by atoms with E-state index in [9.17, 15) is 19.5 Å². The summed E-state index contributed by atoms with van der Waals surface area (Å²) in [5, 5.41) is 10.4. The number of hydrogen-bond donors (Lipinski definition) is 1. The maximum Gasteiger partial charge on any atom is 0.312 e. The summed E-state index contributed by atoms with van der Waals surface area (Å²) in [4.78, 5) is 45.5. The zero-order chi connectivity index (χ0) is 28.3. The van der Waals surface area contributed by atoms with E-state index in [1.54, 1.807) is 22.0 Å². The van der Waals surface area contributed by atoms with Crippen LogP contribution in [-0.2, 0) is 23.9 Å². The number of unbranched alkanes of at least 4 members (excludes halogenated alkanes) is 3. The van der Waals surface area contributed by atoms with Crippen LogP contribution in [0.1, 0.15) is 73.1 Å². The van der Waals surface area contributed by atoms with Crippen molar-refractivity contribution in [1.29, 1.82) is 0 Å². The third kappa shape index (κ3) is 5.06. The van der Waals surface area contributed by atoms with Crippen molar-refractivity contribution < 1.29 is 29.0 Å². The van der Waals surface area contributed by atoms with E-state index < -0.39 is 41.1 Å². The highest BCUT2D eigenvalue weighted by Gasteiger charge is 2.80. The molecule has 3 aliphatic rings. The van der Waals surface area contributed by atoms with E-state index in [1.165, 1.54) is 0 Å². The first kappa shape index (κ1) is 30.4. The lowest BCUT2D eigenvalue weighted by Crippen LogP contribution is -2.59. The summed E-state index contributed by atoms with van der Waals surface area (Å²) < 4.78 is 12.4. The lowest BCUT2D eigenvalue weighted by atomic mass is 9.62. The molecule has 2 bridgehead atoms. The number of carbonyl (C=O) groups is 3. The van der Waals surface area contributed by atoms with Gasteiger partial charge >= 0.3 is 5.97 Å². The highest BCUT2D eigenvalue weighted by Crippen LogP contribution is 2.65. The first-order chi connectivity index (χ1) is 18.0. The SMILES string of the molecule is C=CCCCOC(=O)[C@@H]1[C@H]2C(=O)N([C@@H](CO)C(C)C)C(C(=O)N(CC=C)CCCCC)C23CC(C)[C@@]1(C)O3. The van der Waals surface area contributed by atoms with Crippen molar-refractivity contribution in [2.24, 2.45) is 23.7 Å². The van der Waals surface area contributed by atoms with Crippen molar-refractivity contribution in [3.63, 3.8) is 0 Å². The number of allylic oxidation sites excluding steroid dienone is 1. The number of nitrogens with zero attached hydrogens (tertiary/aromatic N) is 2. The Kier molecular flexibility index (Phi) is 9.85. The van der Waals surface area contributed by atoms with Crippen LogP contribution < -0.4 is 0 Å². The van der Waals surface area contributed by atoms with E-state index in [0.717, 1.165) is 25.7 Å². The number of carbonyl (C=O) groups excluding carboxylic acids is 3. The molecule has 0 saturated carbocycles. The van der Waals surface area contributed by atoms with E-state index >= 15 is 0 Å². The molecule has 1 N–H and O–H groups in total. The lowest BCUT2D eigenvalue weighted by Gasteiger charge is -2.40. The number of amides is 2. The topological polar surface area (TPSA) is 96.4 Å². The Labute approximate surface area is 228 Å². The molecule has 0 aliphatic carbocycles. The maximum atomic E-state index is 14.4. The van der Waals surface area contributed by atoms with Crippen LogP contribution in [0.4, 0.5) is 0 Å². The number of fused-ring (bicyclic) bond motifs is 1. The Balaban J connectivity index is 2.07. The predicted molar refractivity (Wildman–Crippen MR) is 146 cm³/mol. The van der Waals surface area contributed by atoms with Crippen LogP contribution in [0, 0.1) is 23.7 Å². The molecule has 8 heteroatoms. The van der Waals surface area contributed by atoms with Crippen LogP contribution >= 0.6 is 0 Å². The smallest absolute Gasteiger partial charge is 0.312 e. The number of likely N-dealkylation sites (tertiary alicyclic amines) is 1. The third-order valence-corrected chi connectivity index (χ3v) is 9.04. The summed E-state index contributed by atoms with van der Waals surface area (Å²) in [5.74, 6) is -2.77.